The number of fused-ring (bicyclic) bond motifs is 5. The third kappa shape index (κ3) is 2.69. The van der Waals surface area contributed by atoms with Gasteiger partial charge in [0.15, 0.2) is 0 Å². The summed E-state index contributed by atoms with van der Waals surface area (Å²) in [4.78, 5) is 15.2. The van der Waals surface area contributed by atoms with Gasteiger partial charge in [-0.05, 0) is 74.0 Å². The second-order valence-electron chi connectivity index (χ2n) is 10.9. The van der Waals surface area contributed by atoms with E-state index in [9.17, 15) is 9.90 Å². The van der Waals surface area contributed by atoms with Crippen LogP contribution in [-0.4, -0.2) is 54.1 Å². The van der Waals surface area contributed by atoms with Crippen LogP contribution in [0, 0.1) is 34.5 Å². The van der Waals surface area contributed by atoms with Gasteiger partial charge in [0.25, 0.3) is 0 Å². The smallest absolute Gasteiger partial charge is 0.139 e. The van der Waals surface area contributed by atoms with Crippen molar-refractivity contribution in [2.75, 3.05) is 26.2 Å². The van der Waals surface area contributed by atoms with E-state index in [2.05, 4.69) is 24.1 Å². The molecule has 5 rings (SSSR count). The third-order valence-corrected chi connectivity index (χ3v) is 10.0. The van der Waals surface area contributed by atoms with Crippen molar-refractivity contribution in [2.24, 2.45) is 34.5 Å². The summed E-state index contributed by atoms with van der Waals surface area (Å²) in [6.07, 6.45) is 8.88. The van der Waals surface area contributed by atoms with Gasteiger partial charge in [-0.15, -0.1) is 0 Å². The third-order valence-electron chi connectivity index (χ3n) is 10.0. The molecule has 1 aliphatic heterocycles. The molecule has 4 heteroatoms. The van der Waals surface area contributed by atoms with Gasteiger partial charge in [0, 0.05) is 44.1 Å². The van der Waals surface area contributed by atoms with Crippen molar-refractivity contribution in [3.8, 4) is 0 Å². The lowest BCUT2D eigenvalue weighted by Gasteiger charge is -2.62. The molecule has 4 aliphatic carbocycles. The lowest BCUT2D eigenvalue weighted by Crippen LogP contribution is -2.61. The number of nitrogens with zero attached hydrogens (tertiary/aromatic N) is 1. The highest BCUT2D eigenvalue weighted by Gasteiger charge is 2.61. The van der Waals surface area contributed by atoms with Crippen molar-refractivity contribution >= 4 is 5.78 Å². The molecule has 152 valence electrons. The van der Waals surface area contributed by atoms with Crippen LogP contribution >= 0.6 is 0 Å². The highest BCUT2D eigenvalue weighted by molar-refractivity contribution is 5.87. The van der Waals surface area contributed by atoms with Gasteiger partial charge in [-0.1, -0.05) is 13.8 Å². The Morgan fingerprint density at radius 2 is 1.85 bits per heavy atom. The summed E-state index contributed by atoms with van der Waals surface area (Å²) in [5.74, 6) is 3.37. The van der Waals surface area contributed by atoms with Crippen LogP contribution in [0.25, 0.3) is 0 Å². The van der Waals surface area contributed by atoms with E-state index < -0.39 is 0 Å². The minimum atomic E-state index is -0.153. The summed E-state index contributed by atoms with van der Waals surface area (Å²) in [6, 6.07) is 0.339. The second-order valence-corrected chi connectivity index (χ2v) is 10.9. The monoisotopic (exact) mass is 374 g/mol. The lowest BCUT2D eigenvalue weighted by molar-refractivity contribution is -0.153. The minimum absolute atomic E-state index is 0.0174. The van der Waals surface area contributed by atoms with E-state index in [1.165, 1.54) is 19.3 Å². The van der Waals surface area contributed by atoms with Crippen molar-refractivity contribution in [3.63, 3.8) is 0 Å². The van der Waals surface area contributed by atoms with Crippen LogP contribution in [0.15, 0.2) is 0 Å². The Balaban J connectivity index is 1.41. The molecule has 1 saturated heterocycles. The van der Waals surface area contributed by atoms with Crippen molar-refractivity contribution in [1.82, 2.24) is 10.2 Å². The average Bonchev–Trinajstić information content (AvgIpc) is 2.97. The van der Waals surface area contributed by atoms with E-state index >= 15 is 0 Å². The average molecular weight is 375 g/mol. The van der Waals surface area contributed by atoms with Crippen LogP contribution < -0.4 is 5.32 Å². The van der Waals surface area contributed by atoms with Gasteiger partial charge < -0.3 is 10.4 Å². The number of nitrogens with one attached hydrogen (secondary N) is 1. The van der Waals surface area contributed by atoms with Crippen LogP contribution in [0.3, 0.4) is 0 Å². The first kappa shape index (κ1) is 18.6. The predicted octanol–water partition coefficient (Wildman–Crippen LogP) is 2.84. The van der Waals surface area contributed by atoms with Crippen LogP contribution in [0.2, 0.25) is 0 Å². The molecule has 8 atom stereocenters. The Morgan fingerprint density at radius 3 is 2.63 bits per heavy atom. The maximum absolute atomic E-state index is 12.6. The molecule has 0 aromatic carbocycles. The summed E-state index contributed by atoms with van der Waals surface area (Å²) >= 11 is 0. The Bertz CT molecular complexity index is 603. The van der Waals surface area contributed by atoms with Crippen LogP contribution in [0.5, 0.6) is 0 Å². The second kappa shape index (κ2) is 6.53. The molecular formula is C23H38N2O2. The van der Waals surface area contributed by atoms with E-state index in [1.54, 1.807) is 0 Å². The van der Waals surface area contributed by atoms with Crippen LogP contribution in [-0.2, 0) is 4.79 Å². The maximum atomic E-state index is 12.6. The molecule has 0 aromatic rings. The van der Waals surface area contributed by atoms with Gasteiger partial charge in [-0.3, -0.25) is 9.69 Å². The molecule has 0 spiro atoms. The molecule has 5 aliphatic rings. The molecule has 3 unspecified atom stereocenters. The summed E-state index contributed by atoms with van der Waals surface area (Å²) in [5, 5.41) is 14.4. The molecule has 4 nitrogen and oxygen atoms in total. The number of piperazine rings is 1. The van der Waals surface area contributed by atoms with E-state index in [-0.39, 0.29) is 11.5 Å². The molecule has 5 fully saturated rings. The molecule has 1 heterocycles. The zero-order chi connectivity index (χ0) is 18.8. The molecule has 2 N–H and O–H groups in total. The molecular weight excluding hydrogens is 336 g/mol. The van der Waals surface area contributed by atoms with Gasteiger partial charge in [0.2, 0.25) is 0 Å². The van der Waals surface area contributed by atoms with Crippen LogP contribution in [0.4, 0.5) is 0 Å². The van der Waals surface area contributed by atoms with E-state index in [1.807, 2.05) is 0 Å². The topological polar surface area (TPSA) is 52.6 Å². The van der Waals surface area contributed by atoms with E-state index in [4.69, 9.17) is 0 Å². The zero-order valence-electron chi connectivity index (χ0n) is 17.3. The largest absolute Gasteiger partial charge is 0.391 e. The number of aliphatic hydroxyl groups is 1. The number of hydrogen-bond donors (Lipinski definition) is 2. The molecule has 0 bridgehead atoms. The number of aliphatic hydroxyl groups excluding tert-OH is 1. The fraction of sp³-hybridized carbons (Fsp3) is 0.957. The van der Waals surface area contributed by atoms with Gasteiger partial charge in [-0.2, -0.15) is 0 Å². The molecule has 0 radical (unpaired) electrons. The number of hydrogen-bond acceptors (Lipinski definition) is 4. The summed E-state index contributed by atoms with van der Waals surface area (Å²) in [7, 11) is 0. The van der Waals surface area contributed by atoms with E-state index in [0.29, 0.717) is 29.1 Å². The van der Waals surface area contributed by atoms with Crippen molar-refractivity contribution in [2.45, 2.75) is 77.4 Å². The molecule has 27 heavy (non-hydrogen) atoms. The fourth-order valence-electron chi connectivity index (χ4n) is 8.43. The Morgan fingerprint density at radius 1 is 1.07 bits per heavy atom. The molecule has 0 aromatic heterocycles. The first-order chi connectivity index (χ1) is 12.9. The highest BCUT2D eigenvalue weighted by Crippen LogP contribution is 2.65. The number of carbonyl (C=O) groups excluding carboxylic acids is 1. The van der Waals surface area contributed by atoms with Gasteiger partial charge >= 0.3 is 0 Å². The van der Waals surface area contributed by atoms with Gasteiger partial charge in [0.05, 0.1) is 6.10 Å². The van der Waals surface area contributed by atoms with Crippen molar-refractivity contribution in [1.29, 1.82) is 0 Å². The molecule has 0 amide bonds. The Labute approximate surface area is 164 Å². The fourth-order valence-corrected chi connectivity index (χ4v) is 8.43. The summed E-state index contributed by atoms with van der Waals surface area (Å²) in [5.41, 5.74) is 0.334. The number of rotatable bonds is 1. The number of Topliss-reactive ketones (excluding diaryl/α,β-unsaturated/α-hetero) is 1. The highest BCUT2D eigenvalue weighted by atomic mass is 16.3. The van der Waals surface area contributed by atoms with Gasteiger partial charge in [0.1, 0.15) is 5.78 Å². The number of ketones is 1. The number of carbonyl (C=O) groups is 1. The van der Waals surface area contributed by atoms with Crippen molar-refractivity contribution in [3.05, 3.63) is 0 Å². The predicted molar refractivity (Wildman–Crippen MR) is 106 cm³/mol. The molecule has 4 saturated carbocycles. The normalized spacial score (nSPS) is 53.5. The Hall–Kier alpha value is -0.450. The standard InChI is InChI=1S/C23H38N2O2/c1-22-8-7-18-16(17(22)5-6-21(22)27)4-3-15-13-20(26)19(14-23(15,18)2)25-11-9-24-10-12-25/h15-20,24,26H,3-14H2,1-2H3/t15?,16-,17-,18+,19?,20?,22-,23-/m0/s1. The quantitative estimate of drug-likeness (QED) is 0.741. The summed E-state index contributed by atoms with van der Waals surface area (Å²) < 4.78 is 0. The maximum Gasteiger partial charge on any atom is 0.139 e. The SMILES string of the molecule is C[C@]12CC(N3CCNCC3)C(O)CC1CC[C@@H]1[C@H]2CC[C@]2(C)C(=O)CC[C@@H]12. The van der Waals surface area contributed by atoms with Crippen molar-refractivity contribution < 1.29 is 9.90 Å². The first-order valence-corrected chi connectivity index (χ1v) is 11.6. The summed E-state index contributed by atoms with van der Waals surface area (Å²) in [6.45, 7) is 9.11. The Kier molecular flexibility index (Phi) is 4.49. The van der Waals surface area contributed by atoms with Gasteiger partial charge in [-0.25, -0.2) is 0 Å². The zero-order valence-corrected chi connectivity index (χ0v) is 17.3. The minimum Gasteiger partial charge on any atom is -0.391 e. The lowest BCUT2D eigenvalue weighted by atomic mass is 9.44. The van der Waals surface area contributed by atoms with E-state index in [0.717, 1.165) is 70.1 Å². The van der Waals surface area contributed by atoms with Crippen LogP contribution in [0.1, 0.15) is 65.2 Å². The first-order valence-electron chi connectivity index (χ1n) is 11.6.